The molecule has 86 valence electrons. The highest BCUT2D eigenvalue weighted by Crippen LogP contribution is 2.39. The van der Waals surface area contributed by atoms with Crippen LogP contribution in [0, 0.1) is 0 Å². The van der Waals surface area contributed by atoms with Gasteiger partial charge >= 0.3 is 0 Å². The van der Waals surface area contributed by atoms with E-state index in [-0.39, 0.29) is 11.3 Å². The summed E-state index contributed by atoms with van der Waals surface area (Å²) in [6.07, 6.45) is 0.891. The predicted octanol–water partition coefficient (Wildman–Crippen LogP) is 3.61. The van der Waals surface area contributed by atoms with Crippen LogP contribution in [-0.2, 0) is 10.2 Å². The van der Waals surface area contributed by atoms with Gasteiger partial charge in [0.25, 0.3) is 0 Å². The van der Waals surface area contributed by atoms with E-state index in [0.29, 0.717) is 0 Å². The highest BCUT2D eigenvalue weighted by Gasteiger charge is 2.38. The normalized spacial score (nSPS) is 19.1. The van der Waals surface area contributed by atoms with Gasteiger partial charge < -0.3 is 5.32 Å². The molecule has 2 rings (SSSR count). The summed E-state index contributed by atoms with van der Waals surface area (Å²) in [5.41, 5.74) is 2.61. The van der Waals surface area contributed by atoms with Crippen LogP contribution in [0.1, 0.15) is 43.7 Å². The Kier molecular flexibility index (Phi) is 2.70. The zero-order valence-corrected chi connectivity index (χ0v) is 10.6. The SMILES string of the molecule is CCC(Cl)c1ccc2c(c1)C(C)(C)C(=O)N2. The Balaban J connectivity index is 2.48. The standard InChI is InChI=1S/C13H16ClNO/c1-4-10(14)8-5-6-11-9(7-8)13(2,3)12(16)15-11/h5-7,10H,4H2,1-3H3,(H,15,16). The number of hydrogen-bond donors (Lipinski definition) is 1. The van der Waals surface area contributed by atoms with Crippen molar-refractivity contribution < 1.29 is 4.79 Å². The summed E-state index contributed by atoms with van der Waals surface area (Å²) in [5, 5.41) is 2.91. The Bertz CT molecular complexity index is 440. The molecule has 1 heterocycles. The van der Waals surface area contributed by atoms with E-state index in [1.165, 1.54) is 0 Å². The lowest BCUT2D eigenvalue weighted by Crippen LogP contribution is -2.26. The third kappa shape index (κ3) is 1.61. The van der Waals surface area contributed by atoms with Crippen LogP contribution in [0.4, 0.5) is 5.69 Å². The molecule has 0 spiro atoms. The summed E-state index contributed by atoms with van der Waals surface area (Å²) in [6, 6.07) is 5.98. The Labute approximate surface area is 101 Å². The molecule has 1 aliphatic rings. The molecule has 3 heteroatoms. The Morgan fingerprint density at radius 1 is 1.44 bits per heavy atom. The molecule has 1 amide bonds. The van der Waals surface area contributed by atoms with Crippen molar-refractivity contribution in [2.75, 3.05) is 5.32 Å². The molecule has 0 bridgehead atoms. The molecule has 1 aromatic carbocycles. The van der Waals surface area contributed by atoms with Crippen LogP contribution in [-0.4, -0.2) is 5.91 Å². The smallest absolute Gasteiger partial charge is 0.234 e. The van der Waals surface area contributed by atoms with E-state index in [2.05, 4.69) is 18.3 Å². The lowest BCUT2D eigenvalue weighted by Gasteiger charge is -2.16. The van der Waals surface area contributed by atoms with Crippen molar-refractivity contribution in [1.82, 2.24) is 0 Å². The van der Waals surface area contributed by atoms with Gasteiger partial charge in [0.2, 0.25) is 5.91 Å². The first-order valence-corrected chi connectivity index (χ1v) is 6.00. The van der Waals surface area contributed by atoms with E-state index in [1.54, 1.807) is 0 Å². The van der Waals surface area contributed by atoms with E-state index >= 15 is 0 Å². The molecule has 1 N–H and O–H groups in total. The van der Waals surface area contributed by atoms with Crippen molar-refractivity contribution in [2.24, 2.45) is 0 Å². The minimum absolute atomic E-state index is 0.0248. The third-order valence-electron chi connectivity index (χ3n) is 3.25. The molecule has 0 saturated carbocycles. The second-order valence-corrected chi connectivity index (χ2v) is 5.29. The summed E-state index contributed by atoms with van der Waals surface area (Å²) in [5.74, 6) is 0.0577. The first kappa shape index (κ1) is 11.5. The lowest BCUT2D eigenvalue weighted by atomic mass is 9.85. The van der Waals surface area contributed by atoms with Crippen molar-refractivity contribution in [3.8, 4) is 0 Å². The number of carbonyl (C=O) groups is 1. The molecule has 1 unspecified atom stereocenters. The van der Waals surface area contributed by atoms with Crippen molar-refractivity contribution in [3.05, 3.63) is 29.3 Å². The van der Waals surface area contributed by atoms with Gasteiger partial charge in [0.1, 0.15) is 0 Å². The van der Waals surface area contributed by atoms with Gasteiger partial charge in [-0.1, -0.05) is 19.1 Å². The Hall–Kier alpha value is -1.02. The molecular formula is C13H16ClNO. The van der Waals surface area contributed by atoms with Crippen LogP contribution in [0.3, 0.4) is 0 Å². The van der Waals surface area contributed by atoms with Crippen LogP contribution in [0.25, 0.3) is 0 Å². The number of benzene rings is 1. The Morgan fingerprint density at radius 2 is 2.12 bits per heavy atom. The highest BCUT2D eigenvalue weighted by atomic mass is 35.5. The molecule has 0 radical (unpaired) electrons. The van der Waals surface area contributed by atoms with E-state index in [1.807, 2.05) is 26.0 Å². The van der Waals surface area contributed by atoms with Crippen molar-refractivity contribution in [3.63, 3.8) is 0 Å². The lowest BCUT2D eigenvalue weighted by molar-refractivity contribution is -0.119. The van der Waals surface area contributed by atoms with Gasteiger partial charge in [0, 0.05) is 5.69 Å². The van der Waals surface area contributed by atoms with Crippen LogP contribution in [0.15, 0.2) is 18.2 Å². The average molecular weight is 238 g/mol. The van der Waals surface area contributed by atoms with Gasteiger partial charge in [0.15, 0.2) is 0 Å². The number of anilines is 1. The molecule has 2 nitrogen and oxygen atoms in total. The third-order valence-corrected chi connectivity index (χ3v) is 3.81. The fourth-order valence-electron chi connectivity index (χ4n) is 2.02. The molecule has 1 aromatic rings. The van der Waals surface area contributed by atoms with Crippen LogP contribution in [0.5, 0.6) is 0 Å². The van der Waals surface area contributed by atoms with Gasteiger partial charge in [-0.05, 0) is 37.5 Å². The van der Waals surface area contributed by atoms with E-state index < -0.39 is 5.41 Å². The summed E-state index contributed by atoms with van der Waals surface area (Å²) in [7, 11) is 0. The summed E-state index contributed by atoms with van der Waals surface area (Å²) in [6.45, 7) is 5.93. The monoisotopic (exact) mass is 237 g/mol. The van der Waals surface area contributed by atoms with E-state index in [4.69, 9.17) is 11.6 Å². The largest absolute Gasteiger partial charge is 0.325 e. The highest BCUT2D eigenvalue weighted by molar-refractivity contribution is 6.20. The predicted molar refractivity (Wildman–Crippen MR) is 67.0 cm³/mol. The fourth-order valence-corrected chi connectivity index (χ4v) is 2.16. The Morgan fingerprint density at radius 3 is 2.75 bits per heavy atom. The van der Waals surface area contributed by atoms with Crippen LogP contribution >= 0.6 is 11.6 Å². The minimum Gasteiger partial charge on any atom is -0.325 e. The molecule has 16 heavy (non-hydrogen) atoms. The van der Waals surface area contributed by atoms with Crippen LogP contribution < -0.4 is 5.32 Å². The molecule has 1 atom stereocenters. The summed E-state index contributed by atoms with van der Waals surface area (Å²) in [4.78, 5) is 11.8. The average Bonchev–Trinajstić information content (AvgIpc) is 2.49. The number of halogens is 1. The number of rotatable bonds is 2. The number of amides is 1. The van der Waals surface area contributed by atoms with Gasteiger partial charge in [-0.3, -0.25) is 4.79 Å². The maximum Gasteiger partial charge on any atom is 0.234 e. The van der Waals surface area contributed by atoms with E-state index in [0.717, 1.165) is 23.2 Å². The summed E-state index contributed by atoms with van der Waals surface area (Å²) < 4.78 is 0. The van der Waals surface area contributed by atoms with Gasteiger partial charge in [-0.15, -0.1) is 11.6 Å². The quantitative estimate of drug-likeness (QED) is 0.783. The fraction of sp³-hybridized carbons (Fsp3) is 0.462. The number of nitrogens with one attached hydrogen (secondary N) is 1. The molecule has 0 fully saturated rings. The molecule has 1 aliphatic heterocycles. The number of alkyl halides is 1. The zero-order valence-electron chi connectivity index (χ0n) is 9.80. The maximum atomic E-state index is 11.8. The van der Waals surface area contributed by atoms with Gasteiger partial charge in [0.05, 0.1) is 10.8 Å². The van der Waals surface area contributed by atoms with Crippen molar-refractivity contribution >= 4 is 23.2 Å². The molecular weight excluding hydrogens is 222 g/mol. The van der Waals surface area contributed by atoms with Crippen LogP contribution in [0.2, 0.25) is 0 Å². The minimum atomic E-state index is -0.449. The van der Waals surface area contributed by atoms with Gasteiger partial charge in [-0.2, -0.15) is 0 Å². The number of carbonyl (C=O) groups excluding carboxylic acids is 1. The molecule has 0 saturated heterocycles. The molecule has 0 aliphatic carbocycles. The zero-order chi connectivity index (χ0) is 11.9. The van der Waals surface area contributed by atoms with Crippen molar-refractivity contribution in [1.29, 1.82) is 0 Å². The number of hydrogen-bond acceptors (Lipinski definition) is 1. The summed E-state index contributed by atoms with van der Waals surface area (Å²) >= 11 is 6.22. The second kappa shape index (κ2) is 3.77. The van der Waals surface area contributed by atoms with Gasteiger partial charge in [-0.25, -0.2) is 0 Å². The van der Waals surface area contributed by atoms with Crippen molar-refractivity contribution in [2.45, 2.75) is 38.0 Å². The first-order valence-electron chi connectivity index (χ1n) is 5.56. The maximum absolute atomic E-state index is 11.8. The second-order valence-electron chi connectivity index (χ2n) is 4.76. The molecule has 0 aromatic heterocycles. The topological polar surface area (TPSA) is 29.1 Å². The van der Waals surface area contributed by atoms with E-state index in [9.17, 15) is 4.79 Å². The first-order chi connectivity index (χ1) is 7.46. The number of fused-ring (bicyclic) bond motifs is 1.